The van der Waals surface area contributed by atoms with Gasteiger partial charge in [0.15, 0.2) is 18.3 Å². The molecular formula is C14H21NO9. The lowest BCUT2D eigenvalue weighted by molar-refractivity contribution is -0.242. The molecule has 24 heavy (non-hydrogen) atoms. The molecule has 10 nitrogen and oxygen atoms in total. The maximum atomic E-state index is 11.4. The first-order chi connectivity index (χ1) is 11.1. The smallest absolute Gasteiger partial charge is 0.405 e. The lowest BCUT2D eigenvalue weighted by Gasteiger charge is -2.43. The molecule has 5 atom stereocenters. The monoisotopic (exact) mass is 347 g/mol. The molecule has 0 bridgehead atoms. The molecule has 2 N–H and O–H groups in total. The molecule has 0 aliphatic carbocycles. The summed E-state index contributed by atoms with van der Waals surface area (Å²) in [4.78, 5) is 44.9. The Labute approximate surface area is 138 Å². The van der Waals surface area contributed by atoms with E-state index in [1.807, 2.05) is 0 Å². The van der Waals surface area contributed by atoms with Gasteiger partial charge in [0.05, 0.1) is 6.10 Å². The standard InChI is InChI=1S/C14H21NO9/c1-6-11(22-8(3)17)13(24-14(15)19)12(23-9(4)18)10(21-6)5-20-7(2)16/h6,10-13H,5H2,1-4H3,(H2,15,19)/t6?,10-,11-,12-,13-/m1/s1. The third kappa shape index (κ3) is 5.69. The summed E-state index contributed by atoms with van der Waals surface area (Å²) in [5, 5.41) is 0. The molecule has 1 aliphatic rings. The Morgan fingerprint density at radius 3 is 1.88 bits per heavy atom. The summed E-state index contributed by atoms with van der Waals surface area (Å²) in [5.74, 6) is -1.90. The van der Waals surface area contributed by atoms with E-state index in [0.717, 1.165) is 6.92 Å². The predicted molar refractivity (Wildman–Crippen MR) is 76.5 cm³/mol. The third-order valence-corrected chi connectivity index (χ3v) is 3.17. The Balaban J connectivity index is 3.11. The summed E-state index contributed by atoms with van der Waals surface area (Å²) in [6.45, 7) is 4.83. The van der Waals surface area contributed by atoms with Crippen molar-refractivity contribution in [2.24, 2.45) is 5.73 Å². The average Bonchev–Trinajstić information content (AvgIpc) is 2.42. The minimum Gasteiger partial charge on any atom is -0.463 e. The lowest BCUT2D eigenvalue weighted by Crippen LogP contribution is -2.62. The zero-order valence-electron chi connectivity index (χ0n) is 13.8. The highest BCUT2D eigenvalue weighted by Gasteiger charge is 2.50. The van der Waals surface area contributed by atoms with Gasteiger partial charge in [0.2, 0.25) is 0 Å². The van der Waals surface area contributed by atoms with Gasteiger partial charge in [0, 0.05) is 20.8 Å². The summed E-state index contributed by atoms with van der Waals surface area (Å²) in [6.07, 6.45) is -6.23. The maximum Gasteiger partial charge on any atom is 0.405 e. The Hall–Kier alpha value is -2.36. The molecule has 136 valence electrons. The first kappa shape index (κ1) is 19.7. The Bertz CT molecular complexity index is 506. The van der Waals surface area contributed by atoms with Crippen molar-refractivity contribution in [2.75, 3.05) is 6.61 Å². The van der Waals surface area contributed by atoms with Crippen molar-refractivity contribution in [1.82, 2.24) is 0 Å². The highest BCUT2D eigenvalue weighted by atomic mass is 16.7. The van der Waals surface area contributed by atoms with Crippen LogP contribution in [0.3, 0.4) is 0 Å². The minimum atomic E-state index is -1.21. The number of carbonyl (C=O) groups excluding carboxylic acids is 4. The third-order valence-electron chi connectivity index (χ3n) is 3.17. The average molecular weight is 347 g/mol. The minimum absolute atomic E-state index is 0.247. The molecule has 1 fully saturated rings. The molecule has 1 saturated heterocycles. The van der Waals surface area contributed by atoms with Crippen molar-refractivity contribution < 1.29 is 42.9 Å². The highest BCUT2D eigenvalue weighted by Crippen LogP contribution is 2.28. The van der Waals surface area contributed by atoms with Crippen molar-refractivity contribution in [2.45, 2.75) is 58.2 Å². The molecule has 1 heterocycles. The van der Waals surface area contributed by atoms with Gasteiger partial charge in [-0.15, -0.1) is 0 Å². The predicted octanol–water partition coefficient (Wildman–Crippen LogP) is -0.336. The number of nitrogens with two attached hydrogens (primary N) is 1. The van der Waals surface area contributed by atoms with Crippen molar-refractivity contribution in [1.29, 1.82) is 0 Å². The summed E-state index contributed by atoms with van der Waals surface area (Å²) in [7, 11) is 0. The van der Waals surface area contributed by atoms with Crippen LogP contribution in [0.5, 0.6) is 0 Å². The fourth-order valence-corrected chi connectivity index (χ4v) is 2.39. The molecule has 10 heteroatoms. The topological polar surface area (TPSA) is 140 Å². The van der Waals surface area contributed by atoms with Gasteiger partial charge in [-0.25, -0.2) is 4.79 Å². The number of primary amides is 1. The van der Waals surface area contributed by atoms with Gasteiger partial charge in [0.1, 0.15) is 12.7 Å². The molecule has 0 aromatic rings. The van der Waals surface area contributed by atoms with Gasteiger partial charge in [-0.05, 0) is 6.92 Å². The number of hydrogen-bond donors (Lipinski definition) is 1. The number of esters is 3. The zero-order chi connectivity index (χ0) is 18.4. The van der Waals surface area contributed by atoms with Crippen LogP contribution in [-0.4, -0.2) is 61.1 Å². The second-order valence-corrected chi connectivity index (χ2v) is 5.23. The first-order valence-electron chi connectivity index (χ1n) is 7.21. The Kier molecular flexibility index (Phi) is 6.96. The van der Waals surface area contributed by atoms with Crippen molar-refractivity contribution >= 4 is 24.0 Å². The normalized spacial score (nSPS) is 29.2. The second kappa shape index (κ2) is 8.48. The molecule has 1 amide bonds. The van der Waals surface area contributed by atoms with Gasteiger partial charge in [-0.1, -0.05) is 0 Å². The van der Waals surface area contributed by atoms with Crippen LogP contribution < -0.4 is 5.73 Å². The first-order valence-corrected chi connectivity index (χ1v) is 7.21. The van der Waals surface area contributed by atoms with Crippen LogP contribution in [0.4, 0.5) is 4.79 Å². The van der Waals surface area contributed by atoms with Crippen molar-refractivity contribution in [3.05, 3.63) is 0 Å². The molecule has 0 aromatic carbocycles. The van der Waals surface area contributed by atoms with E-state index in [1.54, 1.807) is 6.92 Å². The number of rotatable bonds is 5. The molecule has 1 rings (SSSR count). The summed E-state index contributed by atoms with van der Waals surface area (Å²) in [5.41, 5.74) is 5.05. The van der Waals surface area contributed by atoms with Crippen LogP contribution >= 0.6 is 0 Å². The SMILES string of the molecule is CC(=O)OC[C@H]1OC(C)[C@@H](OC(C)=O)[C@@H](OC(N)=O)[C@@H]1OC(C)=O. The van der Waals surface area contributed by atoms with Gasteiger partial charge in [-0.2, -0.15) is 0 Å². The molecule has 1 unspecified atom stereocenters. The number of carbonyl (C=O) groups is 4. The summed E-state index contributed by atoms with van der Waals surface area (Å²) in [6, 6.07) is 0. The van der Waals surface area contributed by atoms with Crippen LogP contribution in [0.15, 0.2) is 0 Å². The van der Waals surface area contributed by atoms with E-state index in [9.17, 15) is 19.2 Å². The highest BCUT2D eigenvalue weighted by molar-refractivity contribution is 5.68. The Morgan fingerprint density at radius 2 is 1.42 bits per heavy atom. The van der Waals surface area contributed by atoms with E-state index in [0.29, 0.717) is 0 Å². The summed E-state index contributed by atoms with van der Waals surface area (Å²) >= 11 is 0. The fourth-order valence-electron chi connectivity index (χ4n) is 2.39. The molecule has 0 radical (unpaired) electrons. The van der Waals surface area contributed by atoms with Crippen LogP contribution in [0.1, 0.15) is 27.7 Å². The van der Waals surface area contributed by atoms with E-state index < -0.39 is 54.5 Å². The molecule has 0 aromatic heterocycles. The van der Waals surface area contributed by atoms with Crippen molar-refractivity contribution in [3.63, 3.8) is 0 Å². The molecule has 1 aliphatic heterocycles. The quantitative estimate of drug-likeness (QED) is 0.522. The largest absolute Gasteiger partial charge is 0.463 e. The van der Waals surface area contributed by atoms with Crippen molar-refractivity contribution in [3.8, 4) is 0 Å². The van der Waals surface area contributed by atoms with E-state index >= 15 is 0 Å². The Morgan fingerprint density at radius 1 is 0.875 bits per heavy atom. The van der Waals surface area contributed by atoms with Gasteiger partial charge >= 0.3 is 24.0 Å². The second-order valence-electron chi connectivity index (χ2n) is 5.23. The van der Waals surface area contributed by atoms with Gasteiger partial charge in [0.25, 0.3) is 0 Å². The zero-order valence-corrected chi connectivity index (χ0v) is 13.8. The van der Waals surface area contributed by atoms with Crippen LogP contribution in [0.2, 0.25) is 0 Å². The fraction of sp³-hybridized carbons (Fsp3) is 0.714. The summed E-state index contributed by atoms with van der Waals surface area (Å²) < 4.78 is 25.7. The molecule has 0 spiro atoms. The number of ether oxygens (including phenoxy) is 5. The van der Waals surface area contributed by atoms with E-state index in [2.05, 4.69) is 0 Å². The van der Waals surface area contributed by atoms with E-state index in [-0.39, 0.29) is 6.61 Å². The number of hydrogen-bond acceptors (Lipinski definition) is 9. The molecule has 0 saturated carbocycles. The molecular weight excluding hydrogens is 326 g/mol. The van der Waals surface area contributed by atoms with Crippen LogP contribution in [0.25, 0.3) is 0 Å². The number of amides is 1. The van der Waals surface area contributed by atoms with E-state index in [1.165, 1.54) is 13.8 Å². The van der Waals surface area contributed by atoms with Gasteiger partial charge < -0.3 is 29.4 Å². The van der Waals surface area contributed by atoms with Crippen LogP contribution in [0, 0.1) is 0 Å². The lowest BCUT2D eigenvalue weighted by atomic mass is 9.95. The maximum absolute atomic E-state index is 11.4. The van der Waals surface area contributed by atoms with E-state index in [4.69, 9.17) is 29.4 Å². The van der Waals surface area contributed by atoms with Gasteiger partial charge in [-0.3, -0.25) is 14.4 Å². The van der Waals surface area contributed by atoms with Crippen LogP contribution in [-0.2, 0) is 38.1 Å².